The Kier molecular flexibility index (Phi) is 6.66. The van der Waals surface area contributed by atoms with Crippen LogP contribution < -0.4 is 9.47 Å². The van der Waals surface area contributed by atoms with E-state index in [9.17, 15) is 9.90 Å². The number of benzene rings is 2. The first kappa shape index (κ1) is 18.6. The summed E-state index contributed by atoms with van der Waals surface area (Å²) in [5, 5.41) is 10.1. The minimum atomic E-state index is -0.140. The van der Waals surface area contributed by atoms with E-state index in [1.54, 1.807) is 42.5 Å². The van der Waals surface area contributed by atoms with Gasteiger partial charge in [0.15, 0.2) is 17.3 Å². The molecule has 0 aliphatic rings. The first-order chi connectivity index (χ1) is 12.0. The van der Waals surface area contributed by atoms with Crippen molar-refractivity contribution < 1.29 is 19.4 Å². The van der Waals surface area contributed by atoms with Crippen LogP contribution >= 0.6 is 11.6 Å². The van der Waals surface area contributed by atoms with Crippen LogP contribution in [0.15, 0.2) is 60.2 Å². The summed E-state index contributed by atoms with van der Waals surface area (Å²) < 4.78 is 10.7. The first-order valence-electron chi connectivity index (χ1n) is 7.74. The fraction of sp³-hybridized carbons (Fsp3) is 0.150. The van der Waals surface area contributed by atoms with E-state index >= 15 is 0 Å². The number of hydrogen-bond donors (Lipinski definition) is 1. The van der Waals surface area contributed by atoms with Crippen LogP contribution in [0.4, 0.5) is 0 Å². The Labute approximate surface area is 152 Å². The molecule has 0 unspecified atom stereocenters. The summed E-state index contributed by atoms with van der Waals surface area (Å²) in [5.74, 6) is 0.932. The standard InChI is InChI=1S/C20H19ClO4/c1-3-24-20-12-15(5-11-19(20)23)4-10-18(22)16-6-8-17(9-7-16)25-13-14(2)21/h4-12,23H,2-3,13H2,1H3/b10-4+. The van der Waals surface area contributed by atoms with Gasteiger partial charge >= 0.3 is 0 Å². The van der Waals surface area contributed by atoms with Crippen molar-refractivity contribution in [2.24, 2.45) is 0 Å². The number of rotatable bonds is 8. The molecule has 4 nitrogen and oxygen atoms in total. The van der Waals surface area contributed by atoms with Crippen LogP contribution in [0.25, 0.3) is 6.08 Å². The molecule has 130 valence electrons. The first-order valence-corrected chi connectivity index (χ1v) is 8.11. The lowest BCUT2D eigenvalue weighted by atomic mass is 10.1. The van der Waals surface area contributed by atoms with Gasteiger partial charge in [0.1, 0.15) is 12.4 Å². The molecule has 0 amide bonds. The number of carbonyl (C=O) groups excluding carboxylic acids is 1. The molecular formula is C20H19ClO4. The molecule has 1 N–H and O–H groups in total. The lowest BCUT2D eigenvalue weighted by molar-refractivity contribution is 0.104. The SMILES string of the molecule is C=C(Cl)COc1ccc(C(=O)/C=C/c2ccc(O)c(OCC)c2)cc1. The molecule has 0 fully saturated rings. The number of ether oxygens (including phenoxy) is 2. The van der Waals surface area contributed by atoms with Crippen molar-refractivity contribution in [3.63, 3.8) is 0 Å². The number of halogens is 1. The van der Waals surface area contributed by atoms with Gasteiger partial charge in [0.05, 0.1) is 6.61 Å². The van der Waals surface area contributed by atoms with Crippen molar-refractivity contribution in [1.29, 1.82) is 0 Å². The van der Waals surface area contributed by atoms with E-state index in [4.69, 9.17) is 21.1 Å². The average Bonchev–Trinajstić information content (AvgIpc) is 2.61. The number of aromatic hydroxyl groups is 1. The summed E-state index contributed by atoms with van der Waals surface area (Å²) in [5.41, 5.74) is 1.30. The van der Waals surface area contributed by atoms with Gasteiger partial charge in [-0.25, -0.2) is 0 Å². The predicted molar refractivity (Wildman–Crippen MR) is 99.6 cm³/mol. The van der Waals surface area contributed by atoms with E-state index < -0.39 is 0 Å². The van der Waals surface area contributed by atoms with Crippen LogP contribution in [0.2, 0.25) is 0 Å². The molecule has 0 aliphatic heterocycles. The Morgan fingerprint density at radius 2 is 1.92 bits per heavy atom. The van der Waals surface area contributed by atoms with Gasteiger partial charge in [-0.3, -0.25) is 4.79 Å². The molecule has 0 saturated heterocycles. The van der Waals surface area contributed by atoms with Gasteiger partial charge in [-0.1, -0.05) is 30.3 Å². The smallest absolute Gasteiger partial charge is 0.185 e. The molecule has 2 aromatic carbocycles. The minimum Gasteiger partial charge on any atom is -0.504 e. The van der Waals surface area contributed by atoms with Gasteiger partial charge in [-0.15, -0.1) is 0 Å². The second kappa shape index (κ2) is 8.94. The normalized spacial score (nSPS) is 10.6. The van der Waals surface area contributed by atoms with Gasteiger partial charge in [0, 0.05) is 10.6 Å². The highest BCUT2D eigenvalue weighted by Gasteiger charge is 2.05. The number of carbonyl (C=O) groups is 1. The molecule has 25 heavy (non-hydrogen) atoms. The van der Waals surface area contributed by atoms with E-state index in [2.05, 4.69) is 6.58 Å². The van der Waals surface area contributed by atoms with Crippen LogP contribution in [-0.2, 0) is 0 Å². The second-order valence-corrected chi connectivity index (χ2v) is 5.72. The van der Waals surface area contributed by atoms with Crippen molar-refractivity contribution in [2.75, 3.05) is 13.2 Å². The van der Waals surface area contributed by atoms with Gasteiger partial charge in [0.25, 0.3) is 0 Å². The number of phenols is 1. The lowest BCUT2D eigenvalue weighted by Gasteiger charge is -2.06. The molecule has 0 atom stereocenters. The highest BCUT2D eigenvalue weighted by Crippen LogP contribution is 2.27. The van der Waals surface area contributed by atoms with E-state index in [0.29, 0.717) is 28.7 Å². The molecule has 2 aromatic rings. The van der Waals surface area contributed by atoms with Gasteiger partial charge in [-0.05, 0) is 55.0 Å². The lowest BCUT2D eigenvalue weighted by Crippen LogP contribution is -1.98. The molecule has 0 aromatic heterocycles. The van der Waals surface area contributed by atoms with Gasteiger partial charge < -0.3 is 14.6 Å². The zero-order valence-corrected chi connectivity index (χ0v) is 14.6. The molecule has 0 bridgehead atoms. The number of phenolic OH excluding ortho intramolecular Hbond substituents is 1. The fourth-order valence-corrected chi connectivity index (χ4v) is 2.11. The molecule has 0 heterocycles. The van der Waals surface area contributed by atoms with Crippen LogP contribution in [0.3, 0.4) is 0 Å². The third kappa shape index (κ3) is 5.69. The molecule has 0 radical (unpaired) electrons. The van der Waals surface area contributed by atoms with Crippen LogP contribution in [0.5, 0.6) is 17.2 Å². The highest BCUT2D eigenvalue weighted by atomic mass is 35.5. The summed E-state index contributed by atoms with van der Waals surface area (Å²) in [7, 11) is 0. The Hall–Kier alpha value is -2.72. The van der Waals surface area contributed by atoms with Crippen LogP contribution in [-0.4, -0.2) is 24.1 Å². The maximum absolute atomic E-state index is 12.2. The Morgan fingerprint density at radius 3 is 2.56 bits per heavy atom. The topological polar surface area (TPSA) is 55.8 Å². The van der Waals surface area contributed by atoms with E-state index in [0.717, 1.165) is 5.56 Å². The summed E-state index contributed by atoms with van der Waals surface area (Å²) in [6.07, 6.45) is 3.14. The van der Waals surface area contributed by atoms with E-state index in [1.165, 1.54) is 12.1 Å². The van der Waals surface area contributed by atoms with Crippen molar-refractivity contribution >= 4 is 23.5 Å². The van der Waals surface area contributed by atoms with Gasteiger partial charge in [0.2, 0.25) is 0 Å². The van der Waals surface area contributed by atoms with Crippen molar-refractivity contribution in [1.82, 2.24) is 0 Å². The Bertz CT molecular complexity index is 779. The monoisotopic (exact) mass is 358 g/mol. The third-order valence-corrected chi connectivity index (χ3v) is 3.35. The van der Waals surface area contributed by atoms with E-state index in [1.807, 2.05) is 6.92 Å². The summed E-state index contributed by atoms with van der Waals surface area (Å²) in [4.78, 5) is 12.2. The quantitative estimate of drug-likeness (QED) is 0.543. The summed E-state index contributed by atoms with van der Waals surface area (Å²) >= 11 is 5.64. The van der Waals surface area contributed by atoms with E-state index in [-0.39, 0.29) is 18.1 Å². The number of ketones is 1. The molecule has 0 spiro atoms. The van der Waals surface area contributed by atoms with Crippen molar-refractivity contribution in [3.8, 4) is 17.2 Å². The average molecular weight is 359 g/mol. The Morgan fingerprint density at radius 1 is 1.20 bits per heavy atom. The second-order valence-electron chi connectivity index (χ2n) is 5.19. The number of hydrogen-bond acceptors (Lipinski definition) is 4. The highest BCUT2D eigenvalue weighted by molar-refractivity contribution is 6.29. The Balaban J connectivity index is 2.04. The maximum Gasteiger partial charge on any atom is 0.185 e. The predicted octanol–water partition coefficient (Wildman–Crippen LogP) is 4.82. The number of allylic oxidation sites excluding steroid dienone is 1. The van der Waals surface area contributed by atoms with Crippen LogP contribution in [0, 0.1) is 0 Å². The molecular weight excluding hydrogens is 340 g/mol. The zero-order chi connectivity index (χ0) is 18.2. The summed E-state index contributed by atoms with van der Waals surface area (Å²) in [6, 6.07) is 11.7. The molecule has 2 rings (SSSR count). The minimum absolute atomic E-state index is 0.0699. The molecule has 0 aliphatic carbocycles. The maximum atomic E-state index is 12.2. The van der Waals surface area contributed by atoms with Crippen molar-refractivity contribution in [3.05, 3.63) is 71.3 Å². The third-order valence-electron chi connectivity index (χ3n) is 3.25. The summed E-state index contributed by atoms with van der Waals surface area (Å²) in [6.45, 7) is 6.05. The van der Waals surface area contributed by atoms with Crippen LogP contribution in [0.1, 0.15) is 22.8 Å². The molecule has 0 saturated carbocycles. The fourth-order valence-electron chi connectivity index (χ4n) is 2.05. The zero-order valence-electron chi connectivity index (χ0n) is 13.9. The molecule has 5 heteroatoms. The van der Waals surface area contributed by atoms with Gasteiger partial charge in [-0.2, -0.15) is 0 Å². The largest absolute Gasteiger partial charge is 0.504 e. The van der Waals surface area contributed by atoms with Crippen molar-refractivity contribution in [2.45, 2.75) is 6.92 Å².